The van der Waals surface area contributed by atoms with Gasteiger partial charge in [0.2, 0.25) is 0 Å². The molecule has 0 saturated carbocycles. The molecule has 1 rings (SSSR count). The lowest BCUT2D eigenvalue weighted by Crippen LogP contribution is -1.85. The van der Waals surface area contributed by atoms with E-state index in [9.17, 15) is 5.11 Å². The van der Waals surface area contributed by atoms with Crippen molar-refractivity contribution in [3.8, 4) is 0 Å². The highest BCUT2D eigenvalue weighted by Crippen LogP contribution is 2.21. The van der Waals surface area contributed by atoms with Gasteiger partial charge in [0.05, 0.1) is 5.69 Å². The molecule has 0 aliphatic rings. The molecule has 0 fully saturated rings. The molecule has 0 amide bonds. The Kier molecular flexibility index (Phi) is 2.92. The molecule has 1 heterocycles. The van der Waals surface area contributed by atoms with Crippen LogP contribution in [-0.4, -0.2) is 15.3 Å². The largest absolute Gasteiger partial charge is 0.506 e. The molecule has 0 unspecified atom stereocenters. The lowest BCUT2D eigenvalue weighted by molar-refractivity contribution is 0.510. The highest BCUT2D eigenvalue weighted by Gasteiger charge is 2.11. The molecule has 3 nitrogen and oxygen atoms in total. The first-order chi connectivity index (χ1) is 6.57. The quantitative estimate of drug-likeness (QED) is 0.568. The van der Waals surface area contributed by atoms with E-state index in [-0.39, 0.29) is 5.76 Å². The number of aliphatic hydroxyl groups excluding tert-OH is 1. The molecule has 0 aliphatic heterocycles. The second kappa shape index (κ2) is 3.96. The third-order valence-electron chi connectivity index (χ3n) is 2.04. The number of aromatic amines is 1. The molecule has 3 heteroatoms. The smallest absolute Gasteiger partial charge is 0.133 e. The number of allylic oxidation sites excluding steroid dienone is 3. The Labute approximate surface area is 83.5 Å². The third-order valence-corrected chi connectivity index (χ3v) is 2.04. The van der Waals surface area contributed by atoms with Crippen LogP contribution in [0, 0.1) is 6.92 Å². The van der Waals surface area contributed by atoms with Gasteiger partial charge in [-0.2, -0.15) is 5.10 Å². The normalized spacial score (nSPS) is 11.4. The van der Waals surface area contributed by atoms with Crippen molar-refractivity contribution in [2.24, 2.45) is 0 Å². The predicted octanol–water partition coefficient (Wildman–Crippen LogP) is 2.84. The summed E-state index contributed by atoms with van der Waals surface area (Å²) in [6.07, 6.45) is 3.57. The van der Waals surface area contributed by atoms with Crippen LogP contribution >= 0.6 is 0 Å². The van der Waals surface area contributed by atoms with Gasteiger partial charge in [0, 0.05) is 5.56 Å². The SMILES string of the molecule is C=C/C=C(\C)c1n[nH]c(C(=C)O)c1C. The fraction of sp³-hybridized carbons (Fsp3) is 0.182. The molecular formula is C11H14N2O. The third kappa shape index (κ3) is 1.76. The highest BCUT2D eigenvalue weighted by molar-refractivity contribution is 5.69. The Bertz CT molecular complexity index is 399. The second-order valence-corrected chi connectivity index (χ2v) is 3.10. The fourth-order valence-electron chi connectivity index (χ4n) is 1.32. The van der Waals surface area contributed by atoms with Gasteiger partial charge < -0.3 is 5.11 Å². The van der Waals surface area contributed by atoms with Crippen LogP contribution in [0.25, 0.3) is 11.3 Å². The minimum absolute atomic E-state index is 0.00709. The van der Waals surface area contributed by atoms with Gasteiger partial charge in [-0.3, -0.25) is 5.10 Å². The summed E-state index contributed by atoms with van der Waals surface area (Å²) in [6, 6.07) is 0. The molecule has 14 heavy (non-hydrogen) atoms. The average molecular weight is 190 g/mol. The number of aliphatic hydroxyl groups is 1. The van der Waals surface area contributed by atoms with E-state index in [1.54, 1.807) is 6.08 Å². The van der Waals surface area contributed by atoms with Crippen LogP contribution in [0.3, 0.4) is 0 Å². The maximum atomic E-state index is 9.22. The van der Waals surface area contributed by atoms with Crippen LogP contribution in [0.4, 0.5) is 0 Å². The Morgan fingerprint density at radius 3 is 2.64 bits per heavy atom. The van der Waals surface area contributed by atoms with Gasteiger partial charge in [0.1, 0.15) is 11.5 Å². The Morgan fingerprint density at radius 2 is 2.21 bits per heavy atom. The molecule has 1 aromatic rings. The fourth-order valence-corrected chi connectivity index (χ4v) is 1.32. The lowest BCUT2D eigenvalue weighted by atomic mass is 10.1. The topological polar surface area (TPSA) is 48.9 Å². The molecule has 0 radical (unpaired) electrons. The van der Waals surface area contributed by atoms with E-state index in [4.69, 9.17) is 0 Å². The second-order valence-electron chi connectivity index (χ2n) is 3.10. The molecule has 74 valence electrons. The van der Waals surface area contributed by atoms with Crippen LogP contribution in [-0.2, 0) is 0 Å². The summed E-state index contributed by atoms with van der Waals surface area (Å²) in [6.45, 7) is 10.9. The first kappa shape index (κ1) is 10.3. The molecule has 0 aromatic carbocycles. The van der Waals surface area contributed by atoms with Gasteiger partial charge in [0.25, 0.3) is 0 Å². The van der Waals surface area contributed by atoms with Gasteiger partial charge >= 0.3 is 0 Å². The van der Waals surface area contributed by atoms with E-state index in [1.165, 1.54) is 0 Å². The molecule has 0 bridgehead atoms. The van der Waals surface area contributed by atoms with Crippen molar-refractivity contribution in [2.45, 2.75) is 13.8 Å². The summed E-state index contributed by atoms with van der Waals surface area (Å²) in [5, 5.41) is 16.1. The van der Waals surface area contributed by atoms with Gasteiger partial charge in [-0.15, -0.1) is 0 Å². The van der Waals surface area contributed by atoms with Crippen molar-refractivity contribution < 1.29 is 5.11 Å². The van der Waals surface area contributed by atoms with E-state index < -0.39 is 0 Å². The molecule has 0 spiro atoms. The molecule has 0 aliphatic carbocycles. The molecule has 1 aromatic heterocycles. The highest BCUT2D eigenvalue weighted by atomic mass is 16.3. The zero-order valence-corrected chi connectivity index (χ0v) is 8.46. The summed E-state index contributed by atoms with van der Waals surface area (Å²) >= 11 is 0. The monoisotopic (exact) mass is 190 g/mol. The Hall–Kier alpha value is -1.77. The summed E-state index contributed by atoms with van der Waals surface area (Å²) in [5.74, 6) is 0.00709. The first-order valence-electron chi connectivity index (χ1n) is 4.30. The van der Waals surface area contributed by atoms with Gasteiger partial charge in [-0.25, -0.2) is 0 Å². The van der Waals surface area contributed by atoms with Crippen molar-refractivity contribution in [3.63, 3.8) is 0 Å². The average Bonchev–Trinajstić information content (AvgIpc) is 2.47. The number of aromatic nitrogens is 2. The van der Waals surface area contributed by atoms with E-state index >= 15 is 0 Å². The molecular weight excluding hydrogens is 176 g/mol. The Balaban J connectivity index is 3.19. The van der Waals surface area contributed by atoms with Gasteiger partial charge in [-0.05, 0) is 19.4 Å². The van der Waals surface area contributed by atoms with Crippen LogP contribution in [0.2, 0.25) is 0 Å². The van der Waals surface area contributed by atoms with Crippen molar-refractivity contribution in [3.05, 3.63) is 42.3 Å². The number of nitrogens with zero attached hydrogens (tertiary/aromatic N) is 1. The standard InChI is InChI=1S/C11H14N2O/c1-5-6-7(2)10-8(3)11(9(4)14)13-12-10/h5-6,14H,1,4H2,2-3H3,(H,12,13)/b7-6+. The lowest BCUT2D eigenvalue weighted by Gasteiger charge is -1.98. The van der Waals surface area contributed by atoms with Crippen molar-refractivity contribution in [1.82, 2.24) is 10.2 Å². The van der Waals surface area contributed by atoms with E-state index in [1.807, 2.05) is 19.9 Å². The van der Waals surface area contributed by atoms with E-state index in [0.717, 1.165) is 16.8 Å². The minimum Gasteiger partial charge on any atom is -0.506 e. The molecule has 0 atom stereocenters. The summed E-state index contributed by atoms with van der Waals surface area (Å²) < 4.78 is 0. The van der Waals surface area contributed by atoms with Crippen LogP contribution in [0.1, 0.15) is 23.9 Å². The van der Waals surface area contributed by atoms with Crippen LogP contribution in [0.5, 0.6) is 0 Å². The number of hydrogen-bond donors (Lipinski definition) is 2. The number of rotatable bonds is 3. The minimum atomic E-state index is 0.00709. The summed E-state index contributed by atoms with van der Waals surface area (Å²) in [5.41, 5.74) is 3.31. The van der Waals surface area contributed by atoms with E-state index in [0.29, 0.717) is 5.69 Å². The summed E-state index contributed by atoms with van der Waals surface area (Å²) in [7, 11) is 0. The first-order valence-corrected chi connectivity index (χ1v) is 4.30. The number of H-pyrrole nitrogens is 1. The van der Waals surface area contributed by atoms with Crippen molar-refractivity contribution in [2.75, 3.05) is 0 Å². The van der Waals surface area contributed by atoms with E-state index in [2.05, 4.69) is 23.4 Å². The zero-order chi connectivity index (χ0) is 10.7. The maximum absolute atomic E-state index is 9.22. The predicted molar refractivity (Wildman–Crippen MR) is 58.8 cm³/mol. The summed E-state index contributed by atoms with van der Waals surface area (Å²) in [4.78, 5) is 0. The maximum Gasteiger partial charge on any atom is 0.133 e. The van der Waals surface area contributed by atoms with Crippen molar-refractivity contribution in [1.29, 1.82) is 0 Å². The number of nitrogens with one attached hydrogen (secondary N) is 1. The van der Waals surface area contributed by atoms with Crippen LogP contribution in [0.15, 0.2) is 25.3 Å². The number of hydrogen-bond acceptors (Lipinski definition) is 2. The molecule has 2 N–H and O–H groups in total. The Morgan fingerprint density at radius 1 is 1.57 bits per heavy atom. The van der Waals surface area contributed by atoms with Gasteiger partial charge in [0.15, 0.2) is 0 Å². The molecule has 0 saturated heterocycles. The van der Waals surface area contributed by atoms with Crippen molar-refractivity contribution >= 4 is 11.3 Å². The zero-order valence-electron chi connectivity index (χ0n) is 8.46. The van der Waals surface area contributed by atoms with Gasteiger partial charge in [-0.1, -0.05) is 25.3 Å². The van der Waals surface area contributed by atoms with Crippen LogP contribution < -0.4 is 0 Å².